The van der Waals surface area contributed by atoms with Gasteiger partial charge in [0.15, 0.2) is 0 Å². The number of rotatable bonds is 3. The van der Waals surface area contributed by atoms with Gasteiger partial charge in [-0.3, -0.25) is 4.79 Å². The lowest BCUT2D eigenvalue weighted by molar-refractivity contribution is -0.137. The normalized spacial score (nSPS) is 16.3. The Kier molecular flexibility index (Phi) is 8.49. The van der Waals surface area contributed by atoms with Crippen molar-refractivity contribution in [3.63, 3.8) is 0 Å². The first-order valence-corrected chi connectivity index (χ1v) is 10.2. The molecule has 1 aliphatic rings. The minimum atomic E-state index is -4.33. The SMILES string of the molecule is CC(C)(C)OC(=O)N1CCC(OCc2ccc(C(F)(F)F)cc2)C1.Cn1ccccc1=O. The van der Waals surface area contributed by atoms with Gasteiger partial charge in [0.25, 0.3) is 0 Å². The van der Waals surface area contributed by atoms with Crippen LogP contribution in [0, 0.1) is 0 Å². The van der Waals surface area contributed by atoms with Crippen LogP contribution in [0.25, 0.3) is 0 Å². The van der Waals surface area contributed by atoms with Crippen LogP contribution >= 0.6 is 0 Å². The molecule has 0 saturated carbocycles. The Morgan fingerprint density at radius 2 is 1.75 bits per heavy atom. The molecule has 0 N–H and O–H groups in total. The first-order chi connectivity index (χ1) is 14.8. The molecule has 1 atom stereocenters. The number of alkyl halides is 3. The molecular weight excluding hydrogens is 425 g/mol. The molecule has 176 valence electrons. The molecule has 0 aliphatic carbocycles. The number of hydrogen-bond donors (Lipinski definition) is 0. The van der Waals surface area contributed by atoms with Gasteiger partial charge in [-0.1, -0.05) is 18.2 Å². The predicted octanol–water partition coefficient (Wildman–Crippen LogP) is 4.62. The Bertz CT molecular complexity index is 934. The molecule has 1 aliphatic heterocycles. The van der Waals surface area contributed by atoms with Gasteiger partial charge in [0.05, 0.1) is 24.8 Å². The molecule has 0 radical (unpaired) electrons. The number of carbonyl (C=O) groups is 1. The van der Waals surface area contributed by atoms with E-state index in [0.29, 0.717) is 25.1 Å². The molecule has 2 aromatic rings. The Hall–Kier alpha value is -2.81. The molecule has 1 unspecified atom stereocenters. The molecule has 32 heavy (non-hydrogen) atoms. The zero-order valence-corrected chi connectivity index (χ0v) is 18.7. The van der Waals surface area contributed by atoms with Gasteiger partial charge >= 0.3 is 12.3 Å². The second-order valence-corrected chi connectivity index (χ2v) is 8.49. The average molecular weight is 454 g/mol. The standard InChI is InChI=1S/C17H22F3NO3.C6H7NO/c1-16(2,3)24-15(22)21-9-8-14(10-21)23-11-12-4-6-13(7-5-12)17(18,19)20;1-7-5-3-2-4-6(7)8/h4-7,14H,8-11H2,1-3H3;2-5H,1H3. The third-order valence-corrected chi connectivity index (χ3v) is 4.57. The number of amides is 1. The summed E-state index contributed by atoms with van der Waals surface area (Å²) < 4.78 is 50.0. The third-order valence-electron chi connectivity index (χ3n) is 4.57. The number of halogens is 3. The highest BCUT2D eigenvalue weighted by atomic mass is 19.4. The fraction of sp³-hybridized carbons (Fsp3) is 0.478. The van der Waals surface area contributed by atoms with E-state index >= 15 is 0 Å². The highest BCUT2D eigenvalue weighted by Gasteiger charge is 2.31. The van der Waals surface area contributed by atoms with Crippen LogP contribution in [0.15, 0.2) is 53.5 Å². The lowest BCUT2D eigenvalue weighted by Crippen LogP contribution is -2.36. The van der Waals surface area contributed by atoms with E-state index in [1.165, 1.54) is 22.8 Å². The van der Waals surface area contributed by atoms with E-state index in [-0.39, 0.29) is 24.4 Å². The summed E-state index contributed by atoms with van der Waals surface area (Å²) in [4.78, 5) is 24.1. The van der Waals surface area contributed by atoms with Crippen LogP contribution in [-0.2, 0) is 29.3 Å². The molecule has 1 fully saturated rings. The van der Waals surface area contributed by atoms with Crippen LogP contribution in [0.2, 0.25) is 0 Å². The van der Waals surface area contributed by atoms with Crippen molar-refractivity contribution >= 4 is 6.09 Å². The van der Waals surface area contributed by atoms with Crippen molar-refractivity contribution in [3.05, 3.63) is 70.1 Å². The Balaban J connectivity index is 0.000000380. The highest BCUT2D eigenvalue weighted by molar-refractivity contribution is 5.68. The fourth-order valence-electron chi connectivity index (χ4n) is 2.87. The minimum absolute atomic E-state index is 0.0347. The zero-order valence-electron chi connectivity index (χ0n) is 18.7. The molecule has 1 amide bonds. The van der Waals surface area contributed by atoms with Crippen molar-refractivity contribution in [2.45, 2.75) is 51.7 Å². The summed E-state index contributed by atoms with van der Waals surface area (Å²) >= 11 is 0. The van der Waals surface area contributed by atoms with Gasteiger partial charge in [-0.05, 0) is 51.0 Å². The molecule has 1 aromatic carbocycles. The molecule has 6 nitrogen and oxygen atoms in total. The van der Waals surface area contributed by atoms with E-state index in [9.17, 15) is 22.8 Å². The molecule has 1 aromatic heterocycles. The molecule has 2 heterocycles. The monoisotopic (exact) mass is 454 g/mol. The summed E-state index contributed by atoms with van der Waals surface area (Å²) in [7, 11) is 1.72. The maximum absolute atomic E-state index is 12.5. The lowest BCUT2D eigenvalue weighted by atomic mass is 10.1. The summed E-state index contributed by atoms with van der Waals surface area (Å²) in [6, 6.07) is 9.97. The number of likely N-dealkylation sites (tertiary alicyclic amines) is 1. The summed E-state index contributed by atoms with van der Waals surface area (Å²) in [5.41, 5.74) is -0.523. The van der Waals surface area contributed by atoms with Crippen molar-refractivity contribution in [2.75, 3.05) is 13.1 Å². The first kappa shape index (κ1) is 25.5. The zero-order chi connectivity index (χ0) is 23.9. The van der Waals surface area contributed by atoms with Crippen molar-refractivity contribution in [2.24, 2.45) is 7.05 Å². The van der Waals surface area contributed by atoms with Gasteiger partial charge in [-0.25, -0.2) is 4.79 Å². The average Bonchev–Trinajstić information content (AvgIpc) is 3.17. The van der Waals surface area contributed by atoms with Crippen LogP contribution in [0.5, 0.6) is 0 Å². The fourth-order valence-corrected chi connectivity index (χ4v) is 2.87. The number of pyridine rings is 1. The van der Waals surface area contributed by atoms with Gasteiger partial charge in [-0.2, -0.15) is 13.2 Å². The van der Waals surface area contributed by atoms with Crippen LogP contribution in [0.3, 0.4) is 0 Å². The predicted molar refractivity (Wildman–Crippen MR) is 114 cm³/mol. The Morgan fingerprint density at radius 1 is 1.09 bits per heavy atom. The summed E-state index contributed by atoms with van der Waals surface area (Å²) in [6.45, 7) is 6.60. The quantitative estimate of drug-likeness (QED) is 0.679. The van der Waals surface area contributed by atoms with Crippen molar-refractivity contribution in [1.82, 2.24) is 9.47 Å². The molecule has 3 rings (SSSR count). The first-order valence-electron chi connectivity index (χ1n) is 10.2. The van der Waals surface area contributed by atoms with Gasteiger partial charge in [0.1, 0.15) is 5.60 Å². The van der Waals surface area contributed by atoms with Gasteiger partial charge in [0.2, 0.25) is 5.56 Å². The smallest absolute Gasteiger partial charge is 0.416 e. The van der Waals surface area contributed by atoms with Gasteiger partial charge in [0, 0.05) is 25.9 Å². The maximum Gasteiger partial charge on any atom is 0.416 e. The number of ether oxygens (including phenoxy) is 2. The van der Waals surface area contributed by atoms with Gasteiger partial charge in [-0.15, -0.1) is 0 Å². The van der Waals surface area contributed by atoms with Crippen LogP contribution < -0.4 is 5.56 Å². The second kappa shape index (κ2) is 10.7. The Morgan fingerprint density at radius 3 is 2.25 bits per heavy atom. The van der Waals surface area contributed by atoms with E-state index in [2.05, 4.69) is 0 Å². The topological polar surface area (TPSA) is 60.8 Å². The second-order valence-electron chi connectivity index (χ2n) is 8.49. The van der Waals surface area contributed by atoms with Crippen LogP contribution in [0.4, 0.5) is 18.0 Å². The van der Waals surface area contributed by atoms with Gasteiger partial charge < -0.3 is 18.9 Å². The number of carbonyl (C=O) groups excluding carboxylic acids is 1. The Labute approximate surface area is 185 Å². The highest BCUT2D eigenvalue weighted by Crippen LogP contribution is 2.29. The summed E-state index contributed by atoms with van der Waals surface area (Å²) in [5.74, 6) is 0. The van der Waals surface area contributed by atoms with E-state index in [0.717, 1.165) is 12.1 Å². The summed E-state index contributed by atoms with van der Waals surface area (Å²) in [5, 5.41) is 0. The van der Waals surface area contributed by atoms with Crippen LogP contribution in [0.1, 0.15) is 38.3 Å². The molecule has 9 heteroatoms. The van der Waals surface area contributed by atoms with E-state index in [1.54, 1.807) is 45.0 Å². The molecule has 0 spiro atoms. The maximum atomic E-state index is 12.5. The van der Waals surface area contributed by atoms with Crippen molar-refractivity contribution in [1.29, 1.82) is 0 Å². The van der Waals surface area contributed by atoms with Crippen molar-refractivity contribution in [3.8, 4) is 0 Å². The van der Waals surface area contributed by atoms with E-state index < -0.39 is 17.3 Å². The number of nitrogens with zero attached hydrogens (tertiary/aromatic N) is 2. The van der Waals surface area contributed by atoms with Crippen molar-refractivity contribution < 1.29 is 27.4 Å². The number of hydrogen-bond acceptors (Lipinski definition) is 4. The summed E-state index contributed by atoms with van der Waals surface area (Å²) in [6.07, 6.45) is -2.44. The molecule has 1 saturated heterocycles. The number of aryl methyl sites for hydroxylation is 1. The molecular formula is C23H29F3N2O4. The van der Waals surface area contributed by atoms with Crippen LogP contribution in [-0.4, -0.2) is 40.4 Å². The largest absolute Gasteiger partial charge is 0.444 e. The third kappa shape index (κ3) is 8.37. The molecule has 0 bridgehead atoms. The lowest BCUT2D eigenvalue weighted by Gasteiger charge is -2.24. The number of benzene rings is 1. The number of aromatic nitrogens is 1. The minimum Gasteiger partial charge on any atom is -0.444 e. The van der Waals surface area contributed by atoms with E-state index in [1.807, 2.05) is 6.07 Å². The van der Waals surface area contributed by atoms with E-state index in [4.69, 9.17) is 9.47 Å².